The van der Waals surface area contributed by atoms with Crippen molar-refractivity contribution < 1.29 is 19.4 Å². The molecule has 2 fully saturated rings. The number of pyridine rings is 1. The highest BCUT2D eigenvalue weighted by atomic mass is 35.5. The molecule has 7 nitrogen and oxygen atoms in total. The van der Waals surface area contributed by atoms with E-state index in [0.29, 0.717) is 33.3 Å². The Bertz CT molecular complexity index is 1100. The van der Waals surface area contributed by atoms with E-state index in [1.165, 1.54) is 6.20 Å². The fraction of sp³-hybridized carbons (Fsp3) is 0.333. The van der Waals surface area contributed by atoms with E-state index in [-0.39, 0.29) is 11.7 Å². The van der Waals surface area contributed by atoms with Crippen LogP contribution in [0.1, 0.15) is 16.8 Å². The number of nitrogens with zero attached hydrogens (tertiary/aromatic N) is 2. The number of methoxy groups -OCH3 is 1. The highest BCUT2D eigenvalue weighted by molar-refractivity contribution is 6.34. The molecule has 2 aliphatic rings. The van der Waals surface area contributed by atoms with Gasteiger partial charge < -0.3 is 24.5 Å². The number of rotatable bonds is 4. The van der Waals surface area contributed by atoms with E-state index in [2.05, 4.69) is 9.88 Å². The second-order valence-electron chi connectivity index (χ2n) is 7.47. The number of aromatic amines is 1. The van der Waals surface area contributed by atoms with Crippen LogP contribution in [-0.2, 0) is 4.74 Å². The molecule has 0 radical (unpaired) electrons. The van der Waals surface area contributed by atoms with Crippen molar-refractivity contribution in [1.29, 1.82) is 0 Å². The van der Waals surface area contributed by atoms with Crippen LogP contribution >= 0.6 is 11.6 Å². The topological polar surface area (TPSA) is 87.7 Å². The monoisotopic (exact) mass is 413 g/mol. The zero-order valence-corrected chi connectivity index (χ0v) is 16.6. The zero-order chi connectivity index (χ0) is 20.1. The van der Waals surface area contributed by atoms with Crippen molar-refractivity contribution >= 4 is 34.3 Å². The lowest BCUT2D eigenvalue weighted by Crippen LogP contribution is -2.23. The lowest BCUT2D eigenvalue weighted by Gasteiger charge is -2.20. The van der Waals surface area contributed by atoms with Crippen LogP contribution in [-0.4, -0.2) is 54.0 Å². The number of anilines is 1. The van der Waals surface area contributed by atoms with Crippen molar-refractivity contribution in [3.8, 4) is 17.0 Å². The van der Waals surface area contributed by atoms with Gasteiger partial charge in [-0.25, -0.2) is 4.79 Å². The first-order valence-corrected chi connectivity index (χ1v) is 9.89. The Balaban J connectivity index is 1.55. The SMILES string of the molecule is COc1nc(N2C[C@@H]3CCO[C@H]3C2)ccc1-c1cc2c(C(=O)O)c[nH]c2cc1Cl. The summed E-state index contributed by atoms with van der Waals surface area (Å²) in [4.78, 5) is 21.4. The molecule has 1 aromatic carbocycles. The number of carboxylic acid groups (broad SMARTS) is 1. The van der Waals surface area contributed by atoms with E-state index in [1.54, 1.807) is 19.2 Å². The highest BCUT2D eigenvalue weighted by Crippen LogP contribution is 2.39. The second-order valence-corrected chi connectivity index (χ2v) is 7.88. The number of fused-ring (bicyclic) bond motifs is 2. The maximum absolute atomic E-state index is 11.5. The largest absolute Gasteiger partial charge is 0.480 e. The highest BCUT2D eigenvalue weighted by Gasteiger charge is 2.38. The average Bonchev–Trinajstić information content (AvgIpc) is 3.41. The number of aromatic nitrogens is 2. The fourth-order valence-electron chi connectivity index (χ4n) is 4.36. The molecule has 4 heterocycles. The van der Waals surface area contributed by atoms with Gasteiger partial charge in [0, 0.05) is 53.8 Å². The van der Waals surface area contributed by atoms with Gasteiger partial charge in [-0.15, -0.1) is 0 Å². The lowest BCUT2D eigenvalue weighted by molar-refractivity contribution is 0.0699. The summed E-state index contributed by atoms with van der Waals surface area (Å²) in [5.74, 6) is 0.858. The van der Waals surface area contributed by atoms with Crippen LogP contribution in [0.15, 0.2) is 30.5 Å². The van der Waals surface area contributed by atoms with Gasteiger partial charge in [0.1, 0.15) is 5.82 Å². The molecule has 5 rings (SSSR count). The molecule has 2 atom stereocenters. The Morgan fingerprint density at radius 1 is 1.34 bits per heavy atom. The molecule has 29 heavy (non-hydrogen) atoms. The predicted molar refractivity (Wildman–Crippen MR) is 110 cm³/mol. The number of hydrogen-bond acceptors (Lipinski definition) is 5. The van der Waals surface area contributed by atoms with Crippen molar-refractivity contribution in [2.75, 3.05) is 31.7 Å². The molecule has 2 N–H and O–H groups in total. The molecule has 0 bridgehead atoms. The molecular weight excluding hydrogens is 394 g/mol. The molecule has 2 saturated heterocycles. The molecule has 0 spiro atoms. The first kappa shape index (κ1) is 18.3. The Labute approximate surface area is 172 Å². The molecule has 2 aliphatic heterocycles. The van der Waals surface area contributed by atoms with Crippen LogP contribution in [0.2, 0.25) is 5.02 Å². The molecular formula is C21H20ClN3O4. The van der Waals surface area contributed by atoms with Crippen LogP contribution in [0.25, 0.3) is 22.0 Å². The zero-order valence-electron chi connectivity index (χ0n) is 15.8. The number of nitrogens with one attached hydrogen (secondary N) is 1. The van der Waals surface area contributed by atoms with Crippen LogP contribution in [0.4, 0.5) is 5.82 Å². The van der Waals surface area contributed by atoms with Gasteiger partial charge in [0.25, 0.3) is 0 Å². The quantitative estimate of drug-likeness (QED) is 0.676. The second kappa shape index (κ2) is 6.93. The van der Waals surface area contributed by atoms with Gasteiger partial charge in [-0.3, -0.25) is 0 Å². The van der Waals surface area contributed by atoms with Crippen molar-refractivity contribution in [3.05, 3.63) is 41.0 Å². The van der Waals surface area contributed by atoms with Crippen molar-refractivity contribution in [2.45, 2.75) is 12.5 Å². The van der Waals surface area contributed by atoms with Gasteiger partial charge in [-0.2, -0.15) is 4.98 Å². The first-order valence-electron chi connectivity index (χ1n) is 9.51. The maximum atomic E-state index is 11.5. The smallest absolute Gasteiger partial charge is 0.337 e. The number of benzene rings is 1. The number of hydrogen-bond donors (Lipinski definition) is 2. The normalized spacial score (nSPS) is 21.0. The van der Waals surface area contributed by atoms with E-state index < -0.39 is 5.97 Å². The summed E-state index contributed by atoms with van der Waals surface area (Å²) in [6.07, 6.45) is 2.84. The van der Waals surface area contributed by atoms with E-state index in [1.807, 2.05) is 12.1 Å². The van der Waals surface area contributed by atoms with E-state index in [9.17, 15) is 9.90 Å². The third-order valence-corrected chi connectivity index (χ3v) is 6.17. The number of ether oxygens (including phenoxy) is 2. The third-order valence-electron chi connectivity index (χ3n) is 5.85. The number of carboxylic acids is 1. The molecule has 0 unspecified atom stereocenters. The van der Waals surface area contributed by atoms with Crippen molar-refractivity contribution in [2.24, 2.45) is 5.92 Å². The summed E-state index contributed by atoms with van der Waals surface area (Å²) in [7, 11) is 1.57. The van der Waals surface area contributed by atoms with Gasteiger partial charge in [-0.05, 0) is 30.7 Å². The van der Waals surface area contributed by atoms with E-state index >= 15 is 0 Å². The Hall–Kier alpha value is -2.77. The molecule has 0 aliphatic carbocycles. The third kappa shape index (κ3) is 3.01. The van der Waals surface area contributed by atoms with Crippen molar-refractivity contribution in [3.63, 3.8) is 0 Å². The summed E-state index contributed by atoms with van der Waals surface area (Å²) in [6, 6.07) is 7.38. The predicted octanol–water partition coefficient (Wildman–Crippen LogP) is 3.82. The summed E-state index contributed by atoms with van der Waals surface area (Å²) >= 11 is 6.51. The van der Waals surface area contributed by atoms with Gasteiger partial charge in [0.05, 0.1) is 23.8 Å². The molecule has 150 valence electrons. The summed E-state index contributed by atoms with van der Waals surface area (Å²) < 4.78 is 11.4. The minimum Gasteiger partial charge on any atom is -0.480 e. The van der Waals surface area contributed by atoms with Gasteiger partial charge in [0.15, 0.2) is 0 Å². The molecule has 8 heteroatoms. The number of carbonyl (C=O) groups is 1. The first-order chi connectivity index (χ1) is 14.0. The van der Waals surface area contributed by atoms with E-state index in [4.69, 9.17) is 26.1 Å². The van der Waals surface area contributed by atoms with Crippen LogP contribution in [0, 0.1) is 5.92 Å². The van der Waals surface area contributed by atoms with Gasteiger partial charge in [-0.1, -0.05) is 11.6 Å². The molecule has 3 aromatic rings. The fourth-order valence-corrected chi connectivity index (χ4v) is 4.62. The van der Waals surface area contributed by atoms with Gasteiger partial charge >= 0.3 is 5.97 Å². The van der Waals surface area contributed by atoms with E-state index in [0.717, 1.165) is 37.5 Å². The Morgan fingerprint density at radius 3 is 2.97 bits per heavy atom. The summed E-state index contributed by atoms with van der Waals surface area (Å²) in [5.41, 5.74) is 2.27. The average molecular weight is 414 g/mol. The molecule has 2 aromatic heterocycles. The van der Waals surface area contributed by atoms with Crippen LogP contribution in [0.5, 0.6) is 5.88 Å². The maximum Gasteiger partial charge on any atom is 0.337 e. The van der Waals surface area contributed by atoms with Crippen LogP contribution in [0.3, 0.4) is 0 Å². The molecule has 0 saturated carbocycles. The Morgan fingerprint density at radius 2 is 2.21 bits per heavy atom. The standard InChI is InChI=1S/C21H20ClN3O4/c1-28-20-12(2-3-19(24-20)25-9-11-4-5-29-18(11)10-25)13-6-14-15(21(26)27)8-23-17(14)7-16(13)22/h2-3,6-8,11,18,23H,4-5,9-10H2,1H3,(H,26,27)/t11-,18-/m0/s1. The summed E-state index contributed by atoms with van der Waals surface area (Å²) in [5, 5.41) is 10.5. The van der Waals surface area contributed by atoms with Crippen LogP contribution < -0.4 is 9.64 Å². The Kier molecular flexibility index (Phi) is 4.37. The van der Waals surface area contributed by atoms with Crippen molar-refractivity contribution in [1.82, 2.24) is 9.97 Å². The molecule has 0 amide bonds. The number of aromatic carboxylic acids is 1. The summed E-state index contributed by atoms with van der Waals surface area (Å²) in [6.45, 7) is 2.60. The van der Waals surface area contributed by atoms with Gasteiger partial charge in [0.2, 0.25) is 5.88 Å². The number of H-pyrrole nitrogens is 1. The number of halogens is 1. The minimum absolute atomic E-state index is 0.199. The minimum atomic E-state index is -0.994. The lowest BCUT2D eigenvalue weighted by atomic mass is 10.0.